The first-order valence-corrected chi connectivity index (χ1v) is 8.83. The van der Waals surface area contributed by atoms with E-state index in [1.165, 1.54) is 19.2 Å². The number of halogens is 2. The van der Waals surface area contributed by atoms with E-state index in [1.54, 1.807) is 6.92 Å². The van der Waals surface area contributed by atoms with E-state index < -0.39 is 27.5 Å². The number of sulfonamides is 1. The minimum absolute atomic E-state index is 0.0815. The summed E-state index contributed by atoms with van der Waals surface area (Å²) in [5.74, 6) is -2.11. The number of anilines is 1. The summed E-state index contributed by atoms with van der Waals surface area (Å²) in [4.78, 5) is 10.8. The largest absolute Gasteiger partial charge is 0.495 e. The molecule has 2 aromatic rings. The second-order valence-electron chi connectivity index (χ2n) is 4.86. The molecule has 0 atom stereocenters. The summed E-state index contributed by atoms with van der Waals surface area (Å²) in [7, 11) is -2.89. The minimum atomic E-state index is -4.20. The van der Waals surface area contributed by atoms with E-state index in [4.69, 9.17) is 9.84 Å². The number of aryl methyl sites for hydroxylation is 1. The van der Waals surface area contributed by atoms with E-state index in [9.17, 15) is 17.6 Å². The van der Waals surface area contributed by atoms with Crippen molar-refractivity contribution in [2.45, 2.75) is 11.8 Å². The molecule has 6 nitrogen and oxygen atoms in total. The zero-order valence-electron chi connectivity index (χ0n) is 12.6. The molecule has 2 N–H and O–H groups in total. The van der Waals surface area contributed by atoms with Gasteiger partial charge in [0.25, 0.3) is 10.0 Å². The van der Waals surface area contributed by atoms with Gasteiger partial charge in [-0.3, -0.25) is 4.72 Å². The maximum absolute atomic E-state index is 13.8. The van der Waals surface area contributed by atoms with Crippen molar-refractivity contribution in [3.05, 3.63) is 51.7 Å². The third-order valence-electron chi connectivity index (χ3n) is 3.19. The molecular weight excluding hydrogens is 405 g/mol. The van der Waals surface area contributed by atoms with Crippen molar-refractivity contribution in [1.82, 2.24) is 0 Å². The number of ether oxygens (including phenoxy) is 1. The van der Waals surface area contributed by atoms with Gasteiger partial charge < -0.3 is 9.84 Å². The van der Waals surface area contributed by atoms with Crippen molar-refractivity contribution in [1.29, 1.82) is 0 Å². The number of hydrogen-bond acceptors (Lipinski definition) is 4. The third-order valence-corrected chi connectivity index (χ3v) is 5.43. The molecule has 0 unspecified atom stereocenters. The third kappa shape index (κ3) is 3.68. The summed E-state index contributed by atoms with van der Waals surface area (Å²) in [6.45, 7) is 1.76. The fourth-order valence-electron chi connectivity index (χ4n) is 1.94. The van der Waals surface area contributed by atoms with Crippen LogP contribution in [0.4, 0.5) is 10.1 Å². The number of carboxylic acid groups (broad SMARTS) is 1. The summed E-state index contributed by atoms with van der Waals surface area (Å²) in [6.07, 6.45) is 0. The number of aromatic carboxylic acids is 1. The smallest absolute Gasteiger partial charge is 0.335 e. The lowest BCUT2D eigenvalue weighted by Crippen LogP contribution is -2.16. The van der Waals surface area contributed by atoms with Crippen LogP contribution in [0.15, 0.2) is 39.7 Å². The van der Waals surface area contributed by atoms with Crippen LogP contribution >= 0.6 is 15.9 Å². The number of rotatable bonds is 5. The first-order chi connectivity index (χ1) is 11.2. The second kappa shape index (κ2) is 6.78. The summed E-state index contributed by atoms with van der Waals surface area (Å²) in [5.41, 5.74) is 0.0460. The van der Waals surface area contributed by atoms with Crippen LogP contribution in [0.25, 0.3) is 0 Å². The first kappa shape index (κ1) is 18.2. The molecule has 0 heterocycles. The number of methoxy groups -OCH3 is 1. The normalized spacial score (nSPS) is 11.2. The molecule has 0 spiro atoms. The lowest BCUT2D eigenvalue weighted by Gasteiger charge is -2.14. The minimum Gasteiger partial charge on any atom is -0.495 e. The van der Waals surface area contributed by atoms with E-state index >= 15 is 0 Å². The van der Waals surface area contributed by atoms with E-state index in [0.29, 0.717) is 4.47 Å². The van der Waals surface area contributed by atoms with Crippen LogP contribution in [0.3, 0.4) is 0 Å². The van der Waals surface area contributed by atoms with Crippen molar-refractivity contribution in [2.75, 3.05) is 11.8 Å². The summed E-state index contributed by atoms with van der Waals surface area (Å²) >= 11 is 3.23. The lowest BCUT2D eigenvalue weighted by atomic mass is 10.2. The SMILES string of the molecule is COc1cc(C)c(Br)cc1S(=O)(=O)Nc1cc(C(=O)O)ccc1F. The number of carbonyl (C=O) groups is 1. The van der Waals surface area contributed by atoms with Crippen LogP contribution < -0.4 is 9.46 Å². The van der Waals surface area contributed by atoms with Gasteiger partial charge in [-0.05, 0) is 42.8 Å². The standard InChI is InChI=1S/C15H13BrFNO5S/c1-8-5-13(23-2)14(7-10(8)16)24(21,22)18-12-6-9(15(19)20)3-4-11(12)17/h3-7,18H,1-2H3,(H,19,20). The molecule has 0 saturated carbocycles. The van der Waals surface area contributed by atoms with Crippen molar-refractivity contribution in [3.63, 3.8) is 0 Å². The Labute approximate surface area is 146 Å². The highest BCUT2D eigenvalue weighted by Crippen LogP contribution is 2.32. The maximum Gasteiger partial charge on any atom is 0.335 e. The van der Waals surface area contributed by atoms with E-state index in [0.717, 1.165) is 23.8 Å². The average Bonchev–Trinajstić information content (AvgIpc) is 2.51. The molecule has 2 rings (SSSR count). The highest BCUT2D eigenvalue weighted by atomic mass is 79.9. The maximum atomic E-state index is 13.8. The second-order valence-corrected chi connectivity index (χ2v) is 7.36. The molecule has 2 aromatic carbocycles. The van der Waals surface area contributed by atoms with Crippen LogP contribution in [-0.2, 0) is 10.0 Å². The van der Waals surface area contributed by atoms with Crippen LogP contribution in [-0.4, -0.2) is 26.6 Å². The number of carboxylic acids is 1. The zero-order valence-corrected chi connectivity index (χ0v) is 15.0. The molecular formula is C15H13BrFNO5S. The molecule has 9 heteroatoms. The topological polar surface area (TPSA) is 92.7 Å². The Morgan fingerprint density at radius 1 is 1.29 bits per heavy atom. The van der Waals surface area contributed by atoms with Crippen LogP contribution in [0.5, 0.6) is 5.75 Å². The Morgan fingerprint density at radius 2 is 1.96 bits per heavy atom. The van der Waals surface area contributed by atoms with Crippen LogP contribution in [0.2, 0.25) is 0 Å². The van der Waals surface area contributed by atoms with Gasteiger partial charge in [-0.25, -0.2) is 17.6 Å². The summed E-state index contributed by atoms with van der Waals surface area (Å²) in [6, 6.07) is 5.67. The van der Waals surface area contributed by atoms with Gasteiger partial charge in [0.05, 0.1) is 18.4 Å². The van der Waals surface area contributed by atoms with Crippen LogP contribution in [0, 0.1) is 12.7 Å². The van der Waals surface area contributed by atoms with E-state index in [2.05, 4.69) is 20.7 Å². The quantitative estimate of drug-likeness (QED) is 0.777. The Hall–Kier alpha value is -2.13. The van der Waals surface area contributed by atoms with E-state index in [1.807, 2.05) is 0 Å². The first-order valence-electron chi connectivity index (χ1n) is 6.55. The Bertz CT molecular complexity index is 914. The van der Waals surface area contributed by atoms with Gasteiger partial charge in [0.15, 0.2) is 0 Å². The molecule has 24 heavy (non-hydrogen) atoms. The van der Waals surface area contributed by atoms with Gasteiger partial charge in [0, 0.05) is 4.47 Å². The monoisotopic (exact) mass is 417 g/mol. The molecule has 128 valence electrons. The van der Waals surface area contributed by atoms with Crippen LogP contribution in [0.1, 0.15) is 15.9 Å². The number of benzene rings is 2. The van der Waals surface area contributed by atoms with E-state index in [-0.39, 0.29) is 16.2 Å². The summed E-state index contributed by atoms with van der Waals surface area (Å²) in [5, 5.41) is 8.94. The zero-order chi connectivity index (χ0) is 18.1. The van der Waals surface area contributed by atoms with Crippen molar-refractivity contribution >= 4 is 37.6 Å². The van der Waals surface area contributed by atoms with Crippen molar-refractivity contribution in [3.8, 4) is 5.75 Å². The molecule has 0 saturated heterocycles. The van der Waals surface area contributed by atoms with Gasteiger partial charge in [0.1, 0.15) is 16.5 Å². The predicted octanol–water partition coefficient (Wildman–Crippen LogP) is 3.40. The number of hydrogen-bond donors (Lipinski definition) is 2. The van der Waals surface area contributed by atoms with Gasteiger partial charge in [-0.15, -0.1) is 0 Å². The highest BCUT2D eigenvalue weighted by Gasteiger charge is 2.23. The summed E-state index contributed by atoms with van der Waals surface area (Å²) < 4.78 is 46.6. The molecule has 0 fully saturated rings. The molecule has 0 aliphatic heterocycles. The van der Waals surface area contributed by atoms with Gasteiger partial charge in [-0.1, -0.05) is 15.9 Å². The molecule has 0 amide bonds. The molecule has 0 bridgehead atoms. The Morgan fingerprint density at radius 3 is 2.54 bits per heavy atom. The molecule has 0 aliphatic carbocycles. The van der Waals surface area contributed by atoms with Gasteiger partial charge in [-0.2, -0.15) is 0 Å². The molecule has 0 radical (unpaired) electrons. The van der Waals surface area contributed by atoms with Crippen molar-refractivity contribution < 1.29 is 27.4 Å². The van der Waals surface area contributed by atoms with Crippen molar-refractivity contribution in [2.24, 2.45) is 0 Å². The highest BCUT2D eigenvalue weighted by molar-refractivity contribution is 9.10. The average molecular weight is 418 g/mol. The van der Waals surface area contributed by atoms with Gasteiger partial charge in [0.2, 0.25) is 0 Å². The van der Waals surface area contributed by atoms with Gasteiger partial charge >= 0.3 is 5.97 Å². The molecule has 0 aromatic heterocycles. The Balaban J connectivity index is 2.52. The Kier molecular flexibility index (Phi) is 5.14. The fraction of sp³-hybridized carbons (Fsp3) is 0.133. The fourth-order valence-corrected chi connectivity index (χ4v) is 3.67. The predicted molar refractivity (Wildman–Crippen MR) is 89.6 cm³/mol. The molecule has 0 aliphatic rings. The number of nitrogens with one attached hydrogen (secondary N) is 1. The lowest BCUT2D eigenvalue weighted by molar-refractivity contribution is 0.0697.